The highest BCUT2D eigenvalue weighted by Gasteiger charge is 2.34. The van der Waals surface area contributed by atoms with E-state index in [0.29, 0.717) is 0 Å². The van der Waals surface area contributed by atoms with Crippen molar-refractivity contribution in [3.05, 3.63) is 63.2 Å². The van der Waals surface area contributed by atoms with Gasteiger partial charge in [-0.25, -0.2) is 9.59 Å². The fraction of sp³-hybridized carbons (Fsp3) is 0.150. The normalized spacial score (nSPS) is 14.3. The molecule has 0 aliphatic carbocycles. The minimum atomic E-state index is -0.733. The smallest absolute Gasteiger partial charge is 0.373 e. The van der Waals surface area contributed by atoms with Crippen molar-refractivity contribution in [1.29, 1.82) is 0 Å². The second kappa shape index (κ2) is 8.83. The summed E-state index contributed by atoms with van der Waals surface area (Å²) in [7, 11) is 1.19. The molecule has 1 N–H and O–H groups in total. The highest BCUT2D eigenvalue weighted by atomic mass is 16.6. The van der Waals surface area contributed by atoms with E-state index in [9.17, 15) is 24.5 Å². The number of nitro benzene ring substituents is 1. The van der Waals surface area contributed by atoms with Crippen LogP contribution in [0.3, 0.4) is 0 Å². The number of imide groups is 1. The number of benzene rings is 1. The highest BCUT2D eigenvalue weighted by molar-refractivity contribution is 6.14. The van der Waals surface area contributed by atoms with Gasteiger partial charge >= 0.3 is 12.0 Å². The molecule has 0 radical (unpaired) electrons. The van der Waals surface area contributed by atoms with Gasteiger partial charge in [0.15, 0.2) is 0 Å². The van der Waals surface area contributed by atoms with Crippen LogP contribution >= 0.6 is 0 Å². The van der Waals surface area contributed by atoms with Crippen molar-refractivity contribution in [3.63, 3.8) is 0 Å². The molecule has 1 aromatic carbocycles. The number of nitrogens with one attached hydrogen (secondary N) is 1. The maximum atomic E-state index is 12.7. The maximum absolute atomic E-state index is 12.7. The summed E-state index contributed by atoms with van der Waals surface area (Å²) in [4.78, 5) is 47.8. The van der Waals surface area contributed by atoms with E-state index in [-0.39, 0.29) is 47.4 Å². The largest absolute Gasteiger partial charge is 0.480 e. The Bertz CT molecular complexity index is 1140. The highest BCUT2D eigenvalue weighted by Crippen LogP contribution is 2.28. The Morgan fingerprint density at radius 3 is 2.81 bits per heavy atom. The number of furan rings is 1. The van der Waals surface area contributed by atoms with E-state index in [1.807, 2.05) is 0 Å². The molecule has 2 aromatic rings. The van der Waals surface area contributed by atoms with Gasteiger partial charge in [0, 0.05) is 17.7 Å². The van der Waals surface area contributed by atoms with Gasteiger partial charge in [-0.15, -0.1) is 6.42 Å². The van der Waals surface area contributed by atoms with Gasteiger partial charge in [-0.3, -0.25) is 19.8 Å². The summed E-state index contributed by atoms with van der Waals surface area (Å²) in [5.74, 6) is 1.18. The van der Waals surface area contributed by atoms with E-state index in [1.165, 1.54) is 43.5 Å². The molecule has 158 valence electrons. The number of hydrogen-bond donors (Lipinski definition) is 1. The van der Waals surface area contributed by atoms with E-state index in [4.69, 9.17) is 15.6 Å². The lowest BCUT2D eigenvalue weighted by atomic mass is 10.1. The molecule has 1 aromatic heterocycles. The predicted molar refractivity (Wildman–Crippen MR) is 105 cm³/mol. The van der Waals surface area contributed by atoms with Crippen molar-refractivity contribution < 1.29 is 33.2 Å². The van der Waals surface area contributed by atoms with Crippen LogP contribution in [0.5, 0.6) is 5.75 Å². The average molecular weight is 425 g/mol. The minimum Gasteiger partial charge on any atom is -0.480 e. The van der Waals surface area contributed by atoms with Gasteiger partial charge in [-0.1, -0.05) is 5.92 Å². The first-order chi connectivity index (χ1) is 14.8. The summed E-state index contributed by atoms with van der Waals surface area (Å²) in [6, 6.07) is 5.82. The second-order valence-corrected chi connectivity index (χ2v) is 6.11. The van der Waals surface area contributed by atoms with Crippen LogP contribution < -0.4 is 10.1 Å². The van der Waals surface area contributed by atoms with E-state index in [2.05, 4.69) is 16.0 Å². The molecule has 0 saturated carbocycles. The fourth-order valence-electron chi connectivity index (χ4n) is 2.71. The number of ether oxygens (including phenoxy) is 2. The number of carbonyl (C=O) groups is 3. The molecule has 0 atom stereocenters. The fourth-order valence-corrected chi connectivity index (χ4v) is 2.71. The van der Waals surface area contributed by atoms with Crippen molar-refractivity contribution in [1.82, 2.24) is 10.2 Å². The van der Waals surface area contributed by atoms with Crippen molar-refractivity contribution in [3.8, 4) is 18.1 Å². The Morgan fingerprint density at radius 1 is 1.35 bits per heavy atom. The summed E-state index contributed by atoms with van der Waals surface area (Å²) >= 11 is 0. The third-order valence-electron chi connectivity index (χ3n) is 4.14. The number of non-ortho nitro benzene ring substituents is 1. The van der Waals surface area contributed by atoms with Gasteiger partial charge < -0.3 is 19.2 Å². The van der Waals surface area contributed by atoms with Crippen molar-refractivity contribution in [2.45, 2.75) is 6.54 Å². The predicted octanol–water partition coefficient (Wildman–Crippen LogP) is 2.08. The molecule has 1 saturated heterocycles. The molecule has 1 aliphatic rings. The third-order valence-corrected chi connectivity index (χ3v) is 4.14. The lowest BCUT2D eigenvalue weighted by Gasteiger charge is -2.09. The van der Waals surface area contributed by atoms with E-state index in [0.717, 1.165) is 4.90 Å². The van der Waals surface area contributed by atoms with Gasteiger partial charge in [0.2, 0.25) is 5.76 Å². The molecule has 2 heterocycles. The van der Waals surface area contributed by atoms with Gasteiger partial charge in [0.05, 0.1) is 18.6 Å². The van der Waals surface area contributed by atoms with Crippen LogP contribution in [0, 0.1) is 22.5 Å². The summed E-state index contributed by atoms with van der Waals surface area (Å²) in [5.41, 5.74) is -0.184. The summed E-state index contributed by atoms with van der Waals surface area (Å²) < 4.78 is 15.2. The Hall–Kier alpha value is -4.59. The van der Waals surface area contributed by atoms with Crippen LogP contribution in [0.4, 0.5) is 10.5 Å². The summed E-state index contributed by atoms with van der Waals surface area (Å²) in [6.07, 6.45) is 6.43. The quantitative estimate of drug-likeness (QED) is 0.177. The molecule has 0 spiro atoms. The molecule has 3 amide bonds. The average Bonchev–Trinajstić information content (AvgIpc) is 3.32. The number of esters is 1. The number of rotatable bonds is 7. The number of hydrogen-bond acceptors (Lipinski definition) is 8. The monoisotopic (exact) mass is 425 g/mol. The standard InChI is InChI=1S/C20H15N3O8/c1-3-8-30-16-6-4-13(23(27)28)9-12(16)10-15-18(24)22(20(26)21-15)11-14-5-7-17(31-14)19(25)29-2/h1,4-7,9-10H,8,11H2,2H3,(H,21,26)/b15-10-. The molecule has 0 bridgehead atoms. The molecule has 31 heavy (non-hydrogen) atoms. The van der Waals surface area contributed by atoms with Crippen LogP contribution in [-0.4, -0.2) is 41.4 Å². The number of terminal acetylenes is 1. The summed E-state index contributed by atoms with van der Waals surface area (Å²) in [5, 5.41) is 13.5. The molecule has 1 aliphatic heterocycles. The molecule has 11 heteroatoms. The van der Waals surface area contributed by atoms with Gasteiger partial charge in [0.1, 0.15) is 23.8 Å². The molecular weight excluding hydrogens is 410 g/mol. The zero-order chi connectivity index (χ0) is 22.5. The lowest BCUT2D eigenvalue weighted by Crippen LogP contribution is -2.30. The first-order valence-electron chi connectivity index (χ1n) is 8.70. The minimum absolute atomic E-state index is 0.0766. The number of carbonyl (C=O) groups excluding carboxylic acids is 3. The maximum Gasteiger partial charge on any atom is 0.373 e. The number of urea groups is 1. The van der Waals surface area contributed by atoms with Crippen LogP contribution in [0.25, 0.3) is 6.08 Å². The zero-order valence-electron chi connectivity index (χ0n) is 16.1. The van der Waals surface area contributed by atoms with Crippen molar-refractivity contribution in [2.24, 2.45) is 0 Å². The second-order valence-electron chi connectivity index (χ2n) is 6.11. The van der Waals surface area contributed by atoms with Crippen LogP contribution in [0.1, 0.15) is 21.9 Å². The topological polar surface area (TPSA) is 141 Å². The van der Waals surface area contributed by atoms with Crippen molar-refractivity contribution in [2.75, 3.05) is 13.7 Å². The van der Waals surface area contributed by atoms with Crippen LogP contribution in [0.2, 0.25) is 0 Å². The first kappa shape index (κ1) is 21.1. The van der Waals surface area contributed by atoms with Gasteiger partial charge in [-0.05, 0) is 24.3 Å². The number of methoxy groups -OCH3 is 1. The van der Waals surface area contributed by atoms with Gasteiger partial charge in [0.25, 0.3) is 11.6 Å². The molecule has 0 unspecified atom stereocenters. The summed E-state index contributed by atoms with van der Waals surface area (Å²) in [6.45, 7) is -0.337. The Balaban J connectivity index is 1.86. The van der Waals surface area contributed by atoms with E-state index >= 15 is 0 Å². The van der Waals surface area contributed by atoms with Crippen LogP contribution in [0.15, 0.2) is 40.4 Å². The van der Waals surface area contributed by atoms with E-state index in [1.54, 1.807) is 0 Å². The third kappa shape index (κ3) is 4.54. The molecular formula is C20H15N3O8. The number of amides is 3. The zero-order valence-corrected chi connectivity index (χ0v) is 16.1. The SMILES string of the molecule is C#CCOc1ccc([N+](=O)[O-])cc1/C=C1\NC(=O)N(Cc2ccc(C(=O)OC)o2)C1=O. The number of nitro groups is 1. The van der Waals surface area contributed by atoms with Crippen LogP contribution in [-0.2, 0) is 16.1 Å². The molecule has 11 nitrogen and oxygen atoms in total. The number of nitrogens with zero attached hydrogens (tertiary/aromatic N) is 2. The van der Waals surface area contributed by atoms with Gasteiger partial charge in [-0.2, -0.15) is 0 Å². The van der Waals surface area contributed by atoms with E-state index < -0.39 is 22.8 Å². The first-order valence-corrected chi connectivity index (χ1v) is 8.70. The molecule has 3 rings (SSSR count). The Labute approximate surface area is 175 Å². The Morgan fingerprint density at radius 2 is 2.13 bits per heavy atom. The lowest BCUT2D eigenvalue weighted by molar-refractivity contribution is -0.384. The molecule has 1 fully saturated rings. The Kier molecular flexibility index (Phi) is 6.02. The van der Waals surface area contributed by atoms with Crippen molar-refractivity contribution >= 4 is 29.7 Å².